The number of alkyl halides is 3. The topological polar surface area (TPSA) is 62.2 Å². The van der Waals surface area contributed by atoms with E-state index in [1.54, 1.807) is 0 Å². The van der Waals surface area contributed by atoms with E-state index in [4.69, 9.17) is 5.11 Å². The van der Waals surface area contributed by atoms with Gasteiger partial charge in [0.2, 0.25) is 0 Å². The highest BCUT2D eigenvalue weighted by molar-refractivity contribution is 7.99. The van der Waals surface area contributed by atoms with Crippen LogP contribution in [-0.2, 0) is 11.0 Å². The maximum Gasteiger partial charge on any atom is 0.417 e. The van der Waals surface area contributed by atoms with Crippen molar-refractivity contribution >= 4 is 17.7 Å². The number of rotatable bonds is 6. The Kier molecular flexibility index (Phi) is 4.54. The minimum absolute atomic E-state index is 0.226. The molecular formula is C12H13F3N2O2S. The second-order valence-corrected chi connectivity index (χ2v) is 5.57. The summed E-state index contributed by atoms with van der Waals surface area (Å²) in [5, 5.41) is 12.4. The Bertz CT molecular complexity index is 475. The number of hydrogen-bond acceptors (Lipinski definition) is 4. The summed E-state index contributed by atoms with van der Waals surface area (Å²) < 4.78 is 37.1. The number of thioether (sulfide) groups is 1. The molecule has 1 aliphatic rings. The molecule has 1 atom stereocenters. The van der Waals surface area contributed by atoms with E-state index in [2.05, 4.69) is 10.3 Å². The van der Waals surface area contributed by atoms with E-state index in [-0.39, 0.29) is 11.8 Å². The summed E-state index contributed by atoms with van der Waals surface area (Å²) in [6, 6.07) is 1.73. The summed E-state index contributed by atoms with van der Waals surface area (Å²) in [5.41, 5.74) is -0.812. The minimum Gasteiger partial charge on any atom is -0.480 e. The van der Waals surface area contributed by atoms with Crippen molar-refractivity contribution < 1.29 is 23.1 Å². The van der Waals surface area contributed by atoms with E-state index in [0.717, 1.165) is 36.9 Å². The van der Waals surface area contributed by atoms with E-state index in [9.17, 15) is 18.0 Å². The number of aliphatic carboxylic acids is 1. The van der Waals surface area contributed by atoms with Crippen molar-refractivity contribution in [1.82, 2.24) is 10.3 Å². The summed E-state index contributed by atoms with van der Waals surface area (Å²) in [4.78, 5) is 14.7. The highest BCUT2D eigenvalue weighted by Gasteiger charge is 2.31. The number of nitrogens with zero attached hydrogens (tertiary/aromatic N) is 1. The smallest absolute Gasteiger partial charge is 0.417 e. The Labute approximate surface area is 117 Å². The summed E-state index contributed by atoms with van der Waals surface area (Å²) in [7, 11) is 0. The van der Waals surface area contributed by atoms with Gasteiger partial charge in [0.1, 0.15) is 6.04 Å². The molecule has 0 aliphatic heterocycles. The van der Waals surface area contributed by atoms with Crippen molar-refractivity contribution in [3.05, 3.63) is 23.9 Å². The lowest BCUT2D eigenvalue weighted by Crippen LogP contribution is -2.40. The molecule has 0 bridgehead atoms. The molecule has 1 saturated carbocycles. The molecule has 1 aromatic heterocycles. The first-order valence-electron chi connectivity index (χ1n) is 6.01. The summed E-state index contributed by atoms with van der Waals surface area (Å²) in [6.45, 7) is 0. The maximum absolute atomic E-state index is 12.4. The number of halogens is 3. The van der Waals surface area contributed by atoms with Crippen LogP contribution in [0, 0.1) is 0 Å². The fourth-order valence-electron chi connectivity index (χ4n) is 1.53. The minimum atomic E-state index is -4.41. The summed E-state index contributed by atoms with van der Waals surface area (Å²) in [6.07, 6.45) is -1.72. The van der Waals surface area contributed by atoms with E-state index >= 15 is 0 Å². The molecule has 4 nitrogen and oxygen atoms in total. The van der Waals surface area contributed by atoms with Gasteiger partial charge in [0.25, 0.3) is 0 Å². The first-order chi connectivity index (χ1) is 9.36. The predicted molar refractivity (Wildman–Crippen MR) is 67.5 cm³/mol. The van der Waals surface area contributed by atoms with Crippen LogP contribution in [0.4, 0.5) is 13.2 Å². The zero-order chi connectivity index (χ0) is 14.8. The second kappa shape index (κ2) is 6.01. The number of carboxylic acid groups (broad SMARTS) is 1. The monoisotopic (exact) mass is 306 g/mol. The quantitative estimate of drug-likeness (QED) is 0.790. The van der Waals surface area contributed by atoms with Crippen LogP contribution >= 0.6 is 11.8 Å². The molecule has 0 spiro atoms. The molecule has 0 amide bonds. The SMILES string of the molecule is O=C(O)C(CSc1ccc(C(F)(F)F)cn1)NC1CC1. The van der Waals surface area contributed by atoms with Crippen LogP contribution in [0.5, 0.6) is 0 Å². The van der Waals surface area contributed by atoms with Crippen LogP contribution in [0.15, 0.2) is 23.4 Å². The zero-order valence-electron chi connectivity index (χ0n) is 10.4. The molecule has 110 valence electrons. The van der Waals surface area contributed by atoms with Crippen LogP contribution in [0.1, 0.15) is 18.4 Å². The van der Waals surface area contributed by atoms with Gasteiger partial charge in [-0.1, -0.05) is 0 Å². The van der Waals surface area contributed by atoms with Gasteiger partial charge in [-0.15, -0.1) is 11.8 Å². The molecule has 1 heterocycles. The number of carboxylic acids is 1. The third kappa shape index (κ3) is 4.38. The Morgan fingerprint density at radius 3 is 2.65 bits per heavy atom. The third-order valence-electron chi connectivity index (χ3n) is 2.77. The van der Waals surface area contributed by atoms with Gasteiger partial charge in [0.05, 0.1) is 10.6 Å². The van der Waals surface area contributed by atoms with Gasteiger partial charge in [0.15, 0.2) is 0 Å². The fourth-order valence-corrected chi connectivity index (χ4v) is 2.40. The standard InChI is InChI=1S/C12H13F3N2O2S/c13-12(14,15)7-1-4-10(16-5-7)20-6-9(11(18)19)17-8-2-3-8/h1,4-5,8-9,17H,2-3,6H2,(H,18,19). The lowest BCUT2D eigenvalue weighted by Gasteiger charge is -2.13. The summed E-state index contributed by atoms with van der Waals surface area (Å²) in [5.74, 6) is -0.735. The Morgan fingerprint density at radius 2 is 2.20 bits per heavy atom. The lowest BCUT2D eigenvalue weighted by atomic mass is 10.3. The Hall–Kier alpha value is -1.28. The number of pyridine rings is 1. The molecule has 1 fully saturated rings. The average Bonchev–Trinajstić information content (AvgIpc) is 3.17. The largest absolute Gasteiger partial charge is 0.480 e. The third-order valence-corrected chi connectivity index (χ3v) is 3.81. The second-order valence-electron chi connectivity index (χ2n) is 4.53. The van der Waals surface area contributed by atoms with Crippen LogP contribution in [0.2, 0.25) is 0 Å². The number of carbonyl (C=O) groups is 1. The van der Waals surface area contributed by atoms with Crippen molar-refractivity contribution in [3.8, 4) is 0 Å². The normalized spacial score (nSPS) is 16.9. The lowest BCUT2D eigenvalue weighted by molar-refractivity contribution is -0.139. The van der Waals surface area contributed by atoms with Crippen LogP contribution < -0.4 is 5.32 Å². The summed E-state index contributed by atoms with van der Waals surface area (Å²) >= 11 is 1.12. The van der Waals surface area contributed by atoms with Gasteiger partial charge < -0.3 is 10.4 Å². The Morgan fingerprint density at radius 1 is 1.50 bits per heavy atom. The van der Waals surface area contributed by atoms with Gasteiger partial charge in [-0.25, -0.2) is 4.98 Å². The van der Waals surface area contributed by atoms with Gasteiger partial charge in [-0.3, -0.25) is 4.79 Å². The van der Waals surface area contributed by atoms with Crippen molar-refractivity contribution in [1.29, 1.82) is 0 Å². The van der Waals surface area contributed by atoms with Gasteiger partial charge in [-0.2, -0.15) is 13.2 Å². The van der Waals surface area contributed by atoms with E-state index in [1.165, 1.54) is 6.07 Å². The van der Waals surface area contributed by atoms with Gasteiger partial charge >= 0.3 is 12.1 Å². The highest BCUT2D eigenvalue weighted by atomic mass is 32.2. The molecule has 2 rings (SSSR count). The van der Waals surface area contributed by atoms with Crippen LogP contribution in [0.25, 0.3) is 0 Å². The van der Waals surface area contributed by atoms with Crippen molar-refractivity contribution in [2.75, 3.05) is 5.75 Å². The molecule has 0 radical (unpaired) electrons. The molecule has 0 aromatic carbocycles. The first kappa shape index (κ1) is 15.1. The molecule has 0 saturated heterocycles. The molecule has 1 unspecified atom stereocenters. The fraction of sp³-hybridized carbons (Fsp3) is 0.500. The van der Waals surface area contributed by atoms with E-state index in [1.807, 2.05) is 0 Å². The number of aromatic nitrogens is 1. The van der Waals surface area contributed by atoms with E-state index in [0.29, 0.717) is 5.03 Å². The van der Waals surface area contributed by atoms with E-state index < -0.39 is 23.8 Å². The molecule has 8 heteroatoms. The molecule has 20 heavy (non-hydrogen) atoms. The number of hydrogen-bond donors (Lipinski definition) is 2. The molecule has 1 aliphatic carbocycles. The van der Waals surface area contributed by atoms with Gasteiger partial charge in [-0.05, 0) is 25.0 Å². The zero-order valence-corrected chi connectivity index (χ0v) is 11.2. The van der Waals surface area contributed by atoms with Crippen molar-refractivity contribution in [2.24, 2.45) is 0 Å². The number of nitrogens with one attached hydrogen (secondary N) is 1. The highest BCUT2D eigenvalue weighted by Crippen LogP contribution is 2.29. The van der Waals surface area contributed by atoms with Crippen molar-refractivity contribution in [3.63, 3.8) is 0 Å². The van der Waals surface area contributed by atoms with Gasteiger partial charge in [0, 0.05) is 18.0 Å². The predicted octanol–water partition coefficient (Wildman–Crippen LogP) is 2.40. The molecular weight excluding hydrogens is 293 g/mol. The van der Waals surface area contributed by atoms with Crippen molar-refractivity contribution in [2.45, 2.75) is 36.1 Å². The van der Waals surface area contributed by atoms with Crippen LogP contribution in [-0.4, -0.2) is 33.9 Å². The molecule has 2 N–H and O–H groups in total. The maximum atomic E-state index is 12.4. The Balaban J connectivity index is 1.90. The average molecular weight is 306 g/mol. The van der Waals surface area contributed by atoms with Crippen LogP contribution in [0.3, 0.4) is 0 Å². The first-order valence-corrected chi connectivity index (χ1v) is 7.00. The molecule has 1 aromatic rings.